The van der Waals surface area contributed by atoms with E-state index in [-0.39, 0.29) is 6.03 Å². The van der Waals surface area contributed by atoms with Gasteiger partial charge < -0.3 is 5.32 Å². The zero-order chi connectivity index (χ0) is 15.5. The van der Waals surface area contributed by atoms with Gasteiger partial charge in [-0.05, 0) is 43.0 Å². The topological polar surface area (TPSA) is 79.8 Å². The van der Waals surface area contributed by atoms with E-state index < -0.39 is 0 Å². The molecule has 0 unspecified atom stereocenters. The van der Waals surface area contributed by atoms with Crippen molar-refractivity contribution in [2.45, 2.75) is 13.8 Å². The minimum absolute atomic E-state index is 0.285. The molecule has 0 saturated heterocycles. The Morgan fingerprint density at radius 3 is 2.91 bits per heavy atom. The highest BCUT2D eigenvalue weighted by Crippen LogP contribution is 2.25. The van der Waals surface area contributed by atoms with E-state index in [1.54, 1.807) is 29.7 Å². The zero-order valence-corrected chi connectivity index (χ0v) is 13.1. The van der Waals surface area contributed by atoms with Crippen molar-refractivity contribution in [2.75, 3.05) is 11.9 Å². The van der Waals surface area contributed by atoms with Crippen molar-refractivity contribution in [1.82, 2.24) is 20.3 Å². The SMILES string of the molecule is CCNC(=O)Nc1ccc2ncc(-c3cc(C)cs3)nc2n1. The van der Waals surface area contributed by atoms with Gasteiger partial charge in [-0.15, -0.1) is 11.3 Å². The highest BCUT2D eigenvalue weighted by Gasteiger charge is 2.08. The van der Waals surface area contributed by atoms with Crippen molar-refractivity contribution in [3.8, 4) is 10.6 Å². The molecule has 0 aliphatic carbocycles. The van der Waals surface area contributed by atoms with Crippen LogP contribution in [0.15, 0.2) is 29.8 Å². The molecule has 0 radical (unpaired) electrons. The maximum atomic E-state index is 11.5. The van der Waals surface area contributed by atoms with Gasteiger partial charge in [0.2, 0.25) is 0 Å². The molecule has 0 aliphatic rings. The molecule has 2 amide bonds. The normalized spacial score (nSPS) is 10.6. The number of rotatable bonds is 3. The second-order valence-electron chi connectivity index (χ2n) is 4.77. The second kappa shape index (κ2) is 6.07. The molecule has 0 spiro atoms. The summed E-state index contributed by atoms with van der Waals surface area (Å²) in [5, 5.41) is 7.40. The molecule has 3 heterocycles. The number of amides is 2. The first-order chi connectivity index (χ1) is 10.7. The van der Waals surface area contributed by atoms with Gasteiger partial charge in [0.25, 0.3) is 0 Å². The quantitative estimate of drug-likeness (QED) is 0.778. The number of carbonyl (C=O) groups excluding carboxylic acids is 1. The van der Waals surface area contributed by atoms with E-state index in [9.17, 15) is 4.79 Å². The number of hydrogen-bond donors (Lipinski definition) is 2. The predicted molar refractivity (Wildman–Crippen MR) is 88.1 cm³/mol. The summed E-state index contributed by atoms with van der Waals surface area (Å²) in [7, 11) is 0. The lowest BCUT2D eigenvalue weighted by atomic mass is 10.3. The van der Waals surface area contributed by atoms with Crippen LogP contribution in [-0.2, 0) is 0 Å². The molecule has 3 aromatic heterocycles. The summed E-state index contributed by atoms with van der Waals surface area (Å²) in [6, 6.07) is 5.28. The Kier molecular flexibility index (Phi) is 3.97. The number of anilines is 1. The molecule has 0 fully saturated rings. The van der Waals surface area contributed by atoms with Gasteiger partial charge in [-0.25, -0.2) is 14.8 Å². The highest BCUT2D eigenvalue weighted by atomic mass is 32.1. The summed E-state index contributed by atoms with van der Waals surface area (Å²) in [5.41, 5.74) is 3.19. The molecular weight excluding hydrogens is 298 g/mol. The molecule has 0 aromatic carbocycles. The number of hydrogen-bond acceptors (Lipinski definition) is 5. The largest absolute Gasteiger partial charge is 0.338 e. The molecular formula is C15H15N5OS. The first kappa shape index (κ1) is 14.4. The lowest BCUT2D eigenvalue weighted by Crippen LogP contribution is -2.28. The smallest absolute Gasteiger partial charge is 0.320 e. The van der Waals surface area contributed by atoms with Crippen molar-refractivity contribution in [3.05, 3.63) is 35.3 Å². The van der Waals surface area contributed by atoms with Crippen molar-refractivity contribution >= 4 is 34.3 Å². The van der Waals surface area contributed by atoms with Crippen molar-refractivity contribution in [3.63, 3.8) is 0 Å². The number of urea groups is 1. The number of pyridine rings is 1. The van der Waals surface area contributed by atoms with Crippen LogP contribution in [-0.4, -0.2) is 27.5 Å². The number of carbonyl (C=O) groups is 1. The minimum atomic E-state index is -0.285. The Morgan fingerprint density at radius 1 is 1.32 bits per heavy atom. The summed E-state index contributed by atoms with van der Waals surface area (Å²) in [5.74, 6) is 0.451. The summed E-state index contributed by atoms with van der Waals surface area (Å²) < 4.78 is 0. The third-order valence-corrected chi connectivity index (χ3v) is 4.04. The number of aryl methyl sites for hydroxylation is 1. The van der Waals surface area contributed by atoms with Crippen LogP contribution in [0.2, 0.25) is 0 Å². The van der Waals surface area contributed by atoms with Crippen molar-refractivity contribution < 1.29 is 4.79 Å². The van der Waals surface area contributed by atoms with E-state index in [2.05, 4.69) is 37.0 Å². The molecule has 7 heteroatoms. The van der Waals surface area contributed by atoms with Gasteiger partial charge in [0.05, 0.1) is 11.1 Å². The molecule has 0 saturated carbocycles. The van der Waals surface area contributed by atoms with Gasteiger partial charge in [0.1, 0.15) is 17.0 Å². The van der Waals surface area contributed by atoms with Gasteiger partial charge in [0, 0.05) is 6.54 Å². The number of thiophene rings is 1. The summed E-state index contributed by atoms with van der Waals surface area (Å²) in [6.07, 6.45) is 1.74. The molecule has 112 valence electrons. The monoisotopic (exact) mass is 313 g/mol. The molecule has 0 atom stereocenters. The summed E-state index contributed by atoms with van der Waals surface area (Å²) in [6.45, 7) is 4.45. The zero-order valence-electron chi connectivity index (χ0n) is 12.3. The van der Waals surface area contributed by atoms with Crippen molar-refractivity contribution in [2.24, 2.45) is 0 Å². The first-order valence-electron chi connectivity index (χ1n) is 6.90. The van der Waals surface area contributed by atoms with Gasteiger partial charge in [-0.1, -0.05) is 0 Å². The molecule has 3 aromatic rings. The van der Waals surface area contributed by atoms with Crippen LogP contribution in [0, 0.1) is 6.92 Å². The maximum Gasteiger partial charge on any atom is 0.320 e. The molecule has 22 heavy (non-hydrogen) atoms. The van der Waals surface area contributed by atoms with Crippen LogP contribution in [0.25, 0.3) is 21.7 Å². The average Bonchev–Trinajstić information content (AvgIpc) is 2.93. The predicted octanol–water partition coefficient (Wildman–Crippen LogP) is 3.20. The fourth-order valence-corrected chi connectivity index (χ4v) is 2.83. The van der Waals surface area contributed by atoms with Gasteiger partial charge in [-0.3, -0.25) is 10.3 Å². The van der Waals surface area contributed by atoms with Crippen LogP contribution in [0.3, 0.4) is 0 Å². The van der Waals surface area contributed by atoms with Crippen LogP contribution in [0.5, 0.6) is 0 Å². The molecule has 6 nitrogen and oxygen atoms in total. The van der Waals surface area contributed by atoms with E-state index in [1.165, 1.54) is 5.56 Å². The van der Waals surface area contributed by atoms with E-state index in [0.717, 1.165) is 10.6 Å². The Labute approximate surface area is 131 Å². The van der Waals surface area contributed by atoms with Crippen LogP contribution in [0.1, 0.15) is 12.5 Å². The minimum Gasteiger partial charge on any atom is -0.338 e. The van der Waals surface area contributed by atoms with E-state index >= 15 is 0 Å². The van der Waals surface area contributed by atoms with Crippen LogP contribution < -0.4 is 10.6 Å². The molecule has 0 bridgehead atoms. The first-order valence-corrected chi connectivity index (χ1v) is 7.78. The Balaban J connectivity index is 1.94. The third-order valence-electron chi connectivity index (χ3n) is 2.97. The fourth-order valence-electron chi connectivity index (χ4n) is 1.97. The second-order valence-corrected chi connectivity index (χ2v) is 5.68. The Morgan fingerprint density at radius 2 is 2.18 bits per heavy atom. The fraction of sp³-hybridized carbons (Fsp3) is 0.200. The molecule has 2 N–H and O–H groups in total. The average molecular weight is 313 g/mol. The van der Waals surface area contributed by atoms with Gasteiger partial charge >= 0.3 is 6.03 Å². The number of nitrogens with zero attached hydrogens (tertiary/aromatic N) is 3. The van der Waals surface area contributed by atoms with Gasteiger partial charge in [-0.2, -0.15) is 0 Å². The molecule has 3 rings (SSSR count). The highest BCUT2D eigenvalue weighted by molar-refractivity contribution is 7.13. The van der Waals surface area contributed by atoms with Crippen LogP contribution in [0.4, 0.5) is 10.6 Å². The summed E-state index contributed by atoms with van der Waals surface area (Å²) in [4.78, 5) is 25.9. The maximum absolute atomic E-state index is 11.5. The number of nitrogens with one attached hydrogen (secondary N) is 2. The lowest BCUT2D eigenvalue weighted by molar-refractivity contribution is 0.252. The van der Waals surface area contributed by atoms with E-state index in [4.69, 9.17) is 0 Å². The lowest BCUT2D eigenvalue weighted by Gasteiger charge is -2.06. The third kappa shape index (κ3) is 3.04. The summed E-state index contributed by atoms with van der Waals surface area (Å²) >= 11 is 1.62. The van der Waals surface area contributed by atoms with Gasteiger partial charge in [0.15, 0.2) is 5.65 Å². The van der Waals surface area contributed by atoms with Crippen molar-refractivity contribution in [1.29, 1.82) is 0 Å². The number of fused-ring (bicyclic) bond motifs is 1. The van der Waals surface area contributed by atoms with Crippen LogP contribution >= 0.6 is 11.3 Å². The Bertz CT molecular complexity index is 830. The standard InChI is InChI=1S/C15H15N5OS/c1-3-16-15(21)20-13-5-4-10-14(19-13)18-11(7-17-10)12-6-9(2)8-22-12/h4-8H,3H2,1-2H3,(H2,16,18,19,20,21). The van der Waals surface area contributed by atoms with E-state index in [1.807, 2.05) is 13.8 Å². The number of aromatic nitrogens is 3. The Hall–Kier alpha value is -2.54. The van der Waals surface area contributed by atoms with E-state index in [0.29, 0.717) is 23.5 Å². The molecule has 0 aliphatic heterocycles.